The van der Waals surface area contributed by atoms with E-state index >= 15 is 0 Å². The van der Waals surface area contributed by atoms with Crippen molar-refractivity contribution < 1.29 is 9.53 Å². The van der Waals surface area contributed by atoms with Gasteiger partial charge in [0.05, 0.1) is 12.8 Å². The van der Waals surface area contributed by atoms with Crippen molar-refractivity contribution in [3.8, 4) is 5.75 Å². The molecule has 0 amide bonds. The highest BCUT2D eigenvalue weighted by Gasteiger charge is 2.18. The second-order valence-corrected chi connectivity index (χ2v) is 5.90. The Hall–Kier alpha value is -1.55. The molecule has 0 spiro atoms. The molecule has 1 aliphatic carbocycles. The molecule has 0 saturated heterocycles. The summed E-state index contributed by atoms with van der Waals surface area (Å²) in [6.07, 6.45) is 7.06. The van der Waals surface area contributed by atoms with Crippen molar-refractivity contribution in [2.24, 2.45) is 0 Å². The van der Waals surface area contributed by atoms with Gasteiger partial charge in [-0.2, -0.15) is 0 Å². The fourth-order valence-electron chi connectivity index (χ4n) is 3.03. The average molecular weight is 290 g/mol. The molecule has 4 nitrogen and oxygen atoms in total. The third kappa shape index (κ3) is 4.21. The van der Waals surface area contributed by atoms with Gasteiger partial charge in [-0.3, -0.25) is 4.79 Å². The lowest BCUT2D eigenvalue weighted by molar-refractivity contribution is 0.0952. The quantitative estimate of drug-likeness (QED) is 0.646. The van der Waals surface area contributed by atoms with Crippen molar-refractivity contribution in [3.63, 3.8) is 0 Å². The number of nitrogens with zero attached hydrogens (tertiary/aromatic N) is 1. The third-order valence-electron chi connectivity index (χ3n) is 4.44. The van der Waals surface area contributed by atoms with E-state index in [0.29, 0.717) is 29.5 Å². The summed E-state index contributed by atoms with van der Waals surface area (Å²) in [5, 5.41) is 0. The van der Waals surface area contributed by atoms with Gasteiger partial charge in [0.25, 0.3) is 0 Å². The number of Topliss-reactive ketones (excluding diaryl/α,β-unsaturated/α-hetero) is 1. The van der Waals surface area contributed by atoms with Crippen LogP contribution >= 0.6 is 0 Å². The van der Waals surface area contributed by atoms with E-state index in [-0.39, 0.29) is 5.78 Å². The molecule has 0 radical (unpaired) electrons. The highest BCUT2D eigenvalue weighted by molar-refractivity contribution is 5.97. The zero-order valence-corrected chi connectivity index (χ0v) is 13.1. The first-order chi connectivity index (χ1) is 10.1. The molecule has 0 aliphatic heterocycles. The van der Waals surface area contributed by atoms with Gasteiger partial charge < -0.3 is 15.4 Å². The van der Waals surface area contributed by atoms with E-state index in [2.05, 4.69) is 11.9 Å². The number of ether oxygens (including phenoxy) is 1. The number of anilines is 1. The number of hydrogen-bond acceptors (Lipinski definition) is 4. The monoisotopic (exact) mass is 290 g/mol. The molecule has 1 fully saturated rings. The summed E-state index contributed by atoms with van der Waals surface area (Å²) < 4.78 is 5.11. The lowest BCUT2D eigenvalue weighted by Gasteiger charge is -2.30. The fourth-order valence-corrected chi connectivity index (χ4v) is 3.03. The van der Waals surface area contributed by atoms with Crippen molar-refractivity contribution >= 4 is 11.5 Å². The molecule has 21 heavy (non-hydrogen) atoms. The van der Waals surface area contributed by atoms with Gasteiger partial charge in [-0.15, -0.1) is 0 Å². The second kappa shape index (κ2) is 7.46. The minimum atomic E-state index is 0.145. The van der Waals surface area contributed by atoms with Crippen LogP contribution in [0.3, 0.4) is 0 Å². The summed E-state index contributed by atoms with van der Waals surface area (Å²) in [6, 6.07) is 5.90. The third-order valence-corrected chi connectivity index (χ3v) is 4.44. The van der Waals surface area contributed by atoms with Gasteiger partial charge in [-0.05, 0) is 38.1 Å². The predicted octanol–water partition coefficient (Wildman–Crippen LogP) is 3.11. The normalized spacial score (nSPS) is 16.1. The van der Waals surface area contributed by atoms with Gasteiger partial charge in [0, 0.05) is 24.6 Å². The Morgan fingerprint density at radius 3 is 2.67 bits per heavy atom. The van der Waals surface area contributed by atoms with Crippen LogP contribution in [0.4, 0.5) is 5.69 Å². The van der Waals surface area contributed by atoms with E-state index in [0.717, 1.165) is 6.54 Å². The number of carbonyl (C=O) groups is 1. The molecule has 0 aromatic heterocycles. The lowest BCUT2D eigenvalue weighted by atomic mass is 9.94. The smallest absolute Gasteiger partial charge is 0.164 e. The van der Waals surface area contributed by atoms with E-state index in [1.807, 2.05) is 0 Å². The first-order valence-corrected chi connectivity index (χ1v) is 7.78. The van der Waals surface area contributed by atoms with Crippen LogP contribution in [0.2, 0.25) is 0 Å². The van der Waals surface area contributed by atoms with Crippen molar-refractivity contribution in [2.75, 3.05) is 26.4 Å². The minimum absolute atomic E-state index is 0.145. The molecule has 1 aliphatic rings. The maximum Gasteiger partial charge on any atom is 0.164 e. The zero-order valence-electron chi connectivity index (χ0n) is 13.1. The van der Waals surface area contributed by atoms with Crippen molar-refractivity contribution in [3.05, 3.63) is 23.8 Å². The van der Waals surface area contributed by atoms with Crippen molar-refractivity contribution in [2.45, 2.75) is 44.6 Å². The highest BCUT2D eigenvalue weighted by Crippen LogP contribution is 2.24. The maximum absolute atomic E-state index is 12.3. The number of nitrogen functional groups attached to an aromatic ring is 1. The molecule has 1 aromatic carbocycles. The van der Waals surface area contributed by atoms with Crippen LogP contribution in [0.15, 0.2) is 18.2 Å². The van der Waals surface area contributed by atoms with Crippen LogP contribution in [0, 0.1) is 0 Å². The molecule has 2 N–H and O–H groups in total. The summed E-state index contributed by atoms with van der Waals surface area (Å²) in [6.45, 7) is 0.815. The largest absolute Gasteiger partial charge is 0.495 e. The van der Waals surface area contributed by atoms with Crippen LogP contribution in [0.25, 0.3) is 0 Å². The zero-order chi connectivity index (χ0) is 15.2. The number of carbonyl (C=O) groups excluding carboxylic acids is 1. The molecule has 0 unspecified atom stereocenters. The number of rotatable bonds is 6. The van der Waals surface area contributed by atoms with Gasteiger partial charge in [0.1, 0.15) is 5.75 Å². The van der Waals surface area contributed by atoms with E-state index in [9.17, 15) is 4.79 Å². The predicted molar refractivity (Wildman–Crippen MR) is 85.9 cm³/mol. The summed E-state index contributed by atoms with van der Waals surface area (Å²) in [7, 11) is 3.71. The van der Waals surface area contributed by atoms with Crippen LogP contribution in [-0.4, -0.2) is 37.4 Å². The van der Waals surface area contributed by atoms with Crippen LogP contribution in [0.1, 0.15) is 48.9 Å². The topological polar surface area (TPSA) is 55.6 Å². The highest BCUT2D eigenvalue weighted by atomic mass is 16.5. The van der Waals surface area contributed by atoms with E-state index in [4.69, 9.17) is 10.5 Å². The molecule has 0 bridgehead atoms. The lowest BCUT2D eigenvalue weighted by Crippen LogP contribution is -2.34. The van der Waals surface area contributed by atoms with Gasteiger partial charge in [0.15, 0.2) is 5.78 Å². The molecule has 2 rings (SSSR count). The summed E-state index contributed by atoms with van der Waals surface area (Å²) in [5.41, 5.74) is 7.04. The Bertz CT molecular complexity index is 482. The van der Waals surface area contributed by atoms with Crippen molar-refractivity contribution in [1.29, 1.82) is 0 Å². The molecular weight excluding hydrogens is 264 g/mol. The molecular formula is C17H26N2O2. The molecule has 4 heteroatoms. The fraction of sp³-hybridized carbons (Fsp3) is 0.588. The number of methoxy groups -OCH3 is 1. The average Bonchev–Trinajstić information content (AvgIpc) is 2.53. The minimum Gasteiger partial charge on any atom is -0.495 e. The van der Waals surface area contributed by atoms with Gasteiger partial charge in [-0.25, -0.2) is 0 Å². The van der Waals surface area contributed by atoms with E-state index < -0.39 is 0 Å². The molecule has 1 saturated carbocycles. The van der Waals surface area contributed by atoms with E-state index in [1.165, 1.54) is 32.1 Å². The summed E-state index contributed by atoms with van der Waals surface area (Å²) in [5.74, 6) is 0.762. The first-order valence-electron chi connectivity index (χ1n) is 7.78. The summed E-state index contributed by atoms with van der Waals surface area (Å²) >= 11 is 0. The Morgan fingerprint density at radius 1 is 1.33 bits per heavy atom. The van der Waals surface area contributed by atoms with Crippen LogP contribution in [-0.2, 0) is 0 Å². The molecule has 116 valence electrons. The Morgan fingerprint density at radius 2 is 2.05 bits per heavy atom. The maximum atomic E-state index is 12.3. The van der Waals surface area contributed by atoms with Crippen LogP contribution < -0.4 is 10.5 Å². The Balaban J connectivity index is 1.87. The molecule has 1 aromatic rings. The number of benzene rings is 1. The van der Waals surface area contributed by atoms with E-state index in [1.54, 1.807) is 25.3 Å². The van der Waals surface area contributed by atoms with Crippen LogP contribution in [0.5, 0.6) is 5.75 Å². The van der Waals surface area contributed by atoms with Gasteiger partial charge in [0.2, 0.25) is 0 Å². The second-order valence-electron chi connectivity index (χ2n) is 5.90. The van der Waals surface area contributed by atoms with Gasteiger partial charge in [-0.1, -0.05) is 19.3 Å². The molecule has 0 atom stereocenters. The summed E-state index contributed by atoms with van der Waals surface area (Å²) in [4.78, 5) is 14.6. The van der Waals surface area contributed by atoms with Crippen molar-refractivity contribution in [1.82, 2.24) is 4.90 Å². The van der Waals surface area contributed by atoms with Gasteiger partial charge >= 0.3 is 0 Å². The number of nitrogens with two attached hydrogens (primary N) is 1. The first kappa shape index (κ1) is 15.8. The Labute approximate surface area is 127 Å². The number of ketones is 1. The SMILES string of the molecule is COc1ccc(C(=O)CCN(C)C2CCCCC2)cc1N. The standard InChI is InChI=1S/C17H26N2O2/c1-19(14-6-4-3-5-7-14)11-10-16(20)13-8-9-17(21-2)15(18)12-13/h8-9,12,14H,3-7,10-11,18H2,1-2H3. The number of hydrogen-bond donors (Lipinski definition) is 1. The Kier molecular flexibility index (Phi) is 5.62. The molecule has 0 heterocycles.